The third kappa shape index (κ3) is 3.01. The number of nitrogens with two attached hydrogens (primary N) is 1. The lowest BCUT2D eigenvalue weighted by molar-refractivity contribution is 0.465. The summed E-state index contributed by atoms with van der Waals surface area (Å²) in [5, 5.41) is 2.26. The monoisotopic (exact) mass is 437 g/mol. The van der Waals surface area contributed by atoms with E-state index in [1.165, 1.54) is 6.33 Å². The average Bonchev–Trinajstić information content (AvgIpc) is 3.13. The van der Waals surface area contributed by atoms with Crippen molar-refractivity contribution in [2.45, 2.75) is 0 Å². The molecule has 154 valence electrons. The van der Waals surface area contributed by atoms with E-state index < -0.39 is 0 Å². The number of benzene rings is 2. The van der Waals surface area contributed by atoms with Crippen molar-refractivity contribution in [3.8, 4) is 22.8 Å². The number of rotatable bonds is 4. The molecule has 0 bridgehead atoms. The summed E-state index contributed by atoms with van der Waals surface area (Å²) in [4.78, 5) is 13.4. The fourth-order valence-electron chi connectivity index (χ4n) is 3.83. The Hall–Kier alpha value is -4.16. The fourth-order valence-corrected chi connectivity index (χ4v) is 4.10. The predicted octanol–water partition coefficient (Wildman–Crippen LogP) is 6.09. The van der Waals surface area contributed by atoms with Gasteiger partial charge in [0.2, 0.25) is 5.88 Å². The van der Waals surface area contributed by atoms with E-state index >= 15 is 0 Å². The van der Waals surface area contributed by atoms with Gasteiger partial charge in [-0.1, -0.05) is 35.9 Å². The first-order valence-corrected chi connectivity index (χ1v) is 10.4. The lowest BCUT2D eigenvalue weighted by atomic mass is 10.0. The molecule has 0 amide bonds. The van der Waals surface area contributed by atoms with E-state index in [2.05, 4.69) is 9.97 Å². The van der Waals surface area contributed by atoms with Crippen molar-refractivity contribution in [3.63, 3.8) is 0 Å². The number of fused-ring (bicyclic) bond motifs is 2. The highest BCUT2D eigenvalue weighted by atomic mass is 35.5. The lowest BCUT2D eigenvalue weighted by Crippen LogP contribution is -1.99. The average molecular weight is 438 g/mol. The maximum atomic E-state index is 6.72. The summed E-state index contributed by atoms with van der Waals surface area (Å²) in [6.45, 7) is 0. The molecule has 1 aliphatic rings. The van der Waals surface area contributed by atoms with Gasteiger partial charge in [-0.3, -0.25) is 0 Å². The molecule has 5 aromatic rings. The van der Waals surface area contributed by atoms with Gasteiger partial charge in [-0.15, -0.1) is 0 Å². The van der Waals surface area contributed by atoms with Gasteiger partial charge >= 0.3 is 0 Å². The molecule has 7 heteroatoms. The Labute approximate surface area is 188 Å². The Bertz CT molecular complexity index is 1570. The van der Waals surface area contributed by atoms with E-state index in [-0.39, 0.29) is 0 Å². The van der Waals surface area contributed by atoms with Gasteiger partial charge in [0.05, 0.1) is 10.9 Å². The van der Waals surface area contributed by atoms with Gasteiger partial charge in [0.15, 0.2) is 5.65 Å². The molecule has 6 rings (SSSR count). The first-order chi connectivity index (χ1) is 15.7. The van der Waals surface area contributed by atoms with E-state index in [4.69, 9.17) is 27.1 Å². The molecular weight excluding hydrogens is 422 g/mol. The molecule has 0 saturated carbocycles. The Morgan fingerprint density at radius 1 is 0.969 bits per heavy atom. The highest BCUT2D eigenvalue weighted by molar-refractivity contribution is 6.34. The van der Waals surface area contributed by atoms with Gasteiger partial charge in [0.25, 0.3) is 0 Å². The second-order valence-corrected chi connectivity index (χ2v) is 7.82. The summed E-state index contributed by atoms with van der Waals surface area (Å²) in [6, 6.07) is 17.2. The van der Waals surface area contributed by atoms with Crippen LogP contribution in [0.25, 0.3) is 38.8 Å². The molecular formula is C25H16ClN5O. The molecule has 0 unspecified atom stereocenters. The van der Waals surface area contributed by atoms with Crippen molar-refractivity contribution in [1.29, 1.82) is 0 Å². The number of hydrogen-bond donors (Lipinski definition) is 1. The summed E-state index contributed by atoms with van der Waals surface area (Å²) in [5.41, 5.74) is 10.4. The van der Waals surface area contributed by atoms with E-state index in [0.29, 0.717) is 16.7 Å². The van der Waals surface area contributed by atoms with Crippen LogP contribution in [-0.2, 0) is 0 Å². The predicted molar refractivity (Wildman–Crippen MR) is 128 cm³/mol. The molecule has 1 aliphatic carbocycles. The smallest absolute Gasteiger partial charge is 0.219 e. The van der Waals surface area contributed by atoms with Crippen LogP contribution in [-0.4, -0.2) is 19.5 Å². The largest absolute Gasteiger partial charge is 0.439 e. The van der Waals surface area contributed by atoms with Gasteiger partial charge in [-0.25, -0.2) is 15.0 Å². The Morgan fingerprint density at radius 2 is 1.81 bits per heavy atom. The number of aromatic nitrogens is 4. The molecule has 6 nitrogen and oxygen atoms in total. The van der Waals surface area contributed by atoms with Gasteiger partial charge in [-0.05, 0) is 42.5 Å². The molecule has 0 fully saturated rings. The number of para-hydroxylation sites is 1. The highest BCUT2D eigenvalue weighted by Crippen LogP contribution is 2.40. The standard InChI is InChI=1S/C25H16ClN5O/c26-20-11-15-9-10-22(32-17-7-2-1-3-8-17)30-21(15)12-18(20)19-13-31(16-5-4-6-16)25-23(19)24(27)28-14-29-25/h1-14H,(H2,27,28,29). The first kappa shape index (κ1) is 18.6. The van der Waals surface area contributed by atoms with Crippen LogP contribution in [0, 0.1) is 0 Å². The van der Waals surface area contributed by atoms with Gasteiger partial charge in [0.1, 0.15) is 17.9 Å². The summed E-state index contributed by atoms with van der Waals surface area (Å²) in [7, 11) is 0. The van der Waals surface area contributed by atoms with Crippen molar-refractivity contribution in [2.75, 3.05) is 5.73 Å². The fraction of sp³-hybridized carbons (Fsp3) is 0. The van der Waals surface area contributed by atoms with Crippen molar-refractivity contribution in [1.82, 2.24) is 19.5 Å². The van der Waals surface area contributed by atoms with Crippen LogP contribution < -0.4 is 10.5 Å². The zero-order valence-electron chi connectivity index (χ0n) is 16.7. The Morgan fingerprint density at radius 3 is 2.59 bits per heavy atom. The van der Waals surface area contributed by atoms with Gasteiger partial charge < -0.3 is 15.0 Å². The first-order valence-electron chi connectivity index (χ1n) is 10.0. The minimum absolute atomic E-state index is 0.401. The molecule has 2 aromatic carbocycles. The SMILES string of the molecule is Nc1ncnc2c1c(-c1cc3nc(Oc4ccccc4)ccc3cc1Cl)cn2C1=CC=C1. The molecule has 0 spiro atoms. The number of hydrogen-bond acceptors (Lipinski definition) is 5. The number of nitrogens with zero attached hydrogens (tertiary/aromatic N) is 4. The van der Waals surface area contributed by atoms with Crippen molar-refractivity contribution < 1.29 is 4.74 Å². The highest BCUT2D eigenvalue weighted by Gasteiger charge is 2.19. The molecule has 3 aromatic heterocycles. The van der Waals surface area contributed by atoms with E-state index in [9.17, 15) is 0 Å². The second kappa shape index (κ2) is 7.21. The van der Waals surface area contributed by atoms with Crippen LogP contribution in [0.4, 0.5) is 5.82 Å². The van der Waals surface area contributed by atoms with Crippen LogP contribution in [0.5, 0.6) is 11.6 Å². The van der Waals surface area contributed by atoms with Crippen LogP contribution >= 0.6 is 11.6 Å². The number of pyridine rings is 1. The molecule has 0 saturated heterocycles. The Kier molecular flexibility index (Phi) is 4.19. The second-order valence-electron chi connectivity index (χ2n) is 7.41. The molecule has 0 aliphatic heterocycles. The molecule has 0 atom stereocenters. The normalized spacial score (nSPS) is 12.7. The van der Waals surface area contributed by atoms with Crippen LogP contribution in [0.1, 0.15) is 0 Å². The third-order valence-corrected chi connectivity index (χ3v) is 5.75. The number of anilines is 1. The quantitative estimate of drug-likeness (QED) is 0.368. The molecule has 2 N–H and O–H groups in total. The van der Waals surface area contributed by atoms with E-state index in [1.54, 1.807) is 0 Å². The summed E-state index contributed by atoms with van der Waals surface area (Å²) >= 11 is 6.72. The topological polar surface area (TPSA) is 78.8 Å². The third-order valence-electron chi connectivity index (χ3n) is 5.43. The number of nitrogen functional groups attached to an aromatic ring is 1. The van der Waals surface area contributed by atoms with Gasteiger partial charge in [-0.2, -0.15) is 0 Å². The zero-order chi connectivity index (χ0) is 21.7. The van der Waals surface area contributed by atoms with Crippen molar-refractivity contribution in [3.05, 3.63) is 90.4 Å². The summed E-state index contributed by atoms with van der Waals surface area (Å²) < 4.78 is 7.90. The van der Waals surface area contributed by atoms with E-state index in [1.807, 2.05) is 83.6 Å². The Balaban J connectivity index is 1.52. The zero-order valence-corrected chi connectivity index (χ0v) is 17.5. The summed E-state index contributed by atoms with van der Waals surface area (Å²) in [6.07, 6.45) is 9.46. The number of halogens is 1. The van der Waals surface area contributed by atoms with Crippen LogP contribution in [0.3, 0.4) is 0 Å². The van der Waals surface area contributed by atoms with Gasteiger partial charge in [0, 0.05) is 39.5 Å². The molecule has 0 radical (unpaired) electrons. The maximum Gasteiger partial charge on any atom is 0.219 e. The maximum absolute atomic E-state index is 6.72. The minimum Gasteiger partial charge on any atom is -0.439 e. The molecule has 3 heterocycles. The number of ether oxygens (including phenoxy) is 1. The number of allylic oxidation sites excluding steroid dienone is 4. The minimum atomic E-state index is 0.401. The van der Waals surface area contributed by atoms with Crippen molar-refractivity contribution >= 4 is 45.1 Å². The summed E-state index contributed by atoms with van der Waals surface area (Å²) in [5.74, 6) is 1.63. The molecule has 32 heavy (non-hydrogen) atoms. The van der Waals surface area contributed by atoms with Crippen LogP contribution in [0.2, 0.25) is 5.02 Å². The van der Waals surface area contributed by atoms with E-state index in [0.717, 1.165) is 44.5 Å². The lowest BCUT2D eigenvalue weighted by Gasteiger charge is -2.09. The van der Waals surface area contributed by atoms with Crippen molar-refractivity contribution in [2.24, 2.45) is 0 Å². The van der Waals surface area contributed by atoms with Crippen LogP contribution in [0.15, 0.2) is 85.3 Å².